The summed E-state index contributed by atoms with van der Waals surface area (Å²) in [6.07, 6.45) is 0. The number of primary sulfonamides is 1. The molecular weight excluding hydrogens is 284 g/mol. The highest BCUT2D eigenvalue weighted by Gasteiger charge is 2.21. The van der Waals surface area contributed by atoms with Crippen molar-refractivity contribution < 1.29 is 13.3 Å². The lowest BCUT2D eigenvalue weighted by Gasteiger charge is -2.04. The van der Waals surface area contributed by atoms with Crippen LogP contribution in [0.1, 0.15) is 11.4 Å². The quantitative estimate of drug-likeness (QED) is 0.670. The Balaban J connectivity index is 2.57. The summed E-state index contributed by atoms with van der Waals surface area (Å²) in [4.78, 5) is 10.0. The number of aryl methyl sites for hydroxylation is 1. The summed E-state index contributed by atoms with van der Waals surface area (Å²) in [5.74, 6) is 0. The number of rotatable bonds is 3. The van der Waals surface area contributed by atoms with Crippen molar-refractivity contribution >= 4 is 15.7 Å². The fourth-order valence-electron chi connectivity index (χ4n) is 2.01. The van der Waals surface area contributed by atoms with Crippen LogP contribution >= 0.6 is 0 Å². The zero-order valence-electron chi connectivity index (χ0n) is 10.8. The van der Waals surface area contributed by atoms with Crippen molar-refractivity contribution in [3.05, 3.63) is 45.8 Å². The van der Waals surface area contributed by atoms with Crippen LogP contribution in [0.15, 0.2) is 29.2 Å². The molecule has 8 nitrogen and oxygen atoms in total. The fraction of sp³-hybridized carbons (Fsp3) is 0.182. The molecule has 1 aromatic carbocycles. The van der Waals surface area contributed by atoms with Gasteiger partial charge < -0.3 is 0 Å². The zero-order valence-corrected chi connectivity index (χ0v) is 11.6. The van der Waals surface area contributed by atoms with Crippen molar-refractivity contribution in [3.8, 4) is 5.69 Å². The van der Waals surface area contributed by atoms with Gasteiger partial charge in [0.25, 0.3) is 5.69 Å². The minimum Gasteiger partial charge on any atom is -0.258 e. The molecule has 0 aliphatic rings. The number of hydrogen-bond donors (Lipinski definition) is 1. The third-order valence-electron chi connectivity index (χ3n) is 2.81. The maximum atomic E-state index is 11.5. The topological polar surface area (TPSA) is 121 Å². The molecule has 1 aromatic heterocycles. The minimum absolute atomic E-state index is 0.0316. The first-order valence-electron chi connectivity index (χ1n) is 5.55. The molecule has 2 rings (SSSR count). The lowest BCUT2D eigenvalue weighted by atomic mass is 10.3. The van der Waals surface area contributed by atoms with Gasteiger partial charge in [-0.2, -0.15) is 5.10 Å². The molecule has 0 atom stereocenters. The lowest BCUT2D eigenvalue weighted by molar-refractivity contribution is -0.384. The first kappa shape index (κ1) is 14.2. The number of aromatic nitrogens is 2. The molecule has 0 aliphatic heterocycles. The van der Waals surface area contributed by atoms with Gasteiger partial charge in [-0.15, -0.1) is 0 Å². The molecular formula is C11H12N4O4S. The van der Waals surface area contributed by atoms with Crippen LogP contribution < -0.4 is 5.14 Å². The van der Waals surface area contributed by atoms with Crippen LogP contribution in [-0.4, -0.2) is 23.1 Å². The van der Waals surface area contributed by atoms with E-state index in [1.807, 2.05) is 0 Å². The van der Waals surface area contributed by atoms with Crippen molar-refractivity contribution in [2.24, 2.45) is 5.14 Å². The molecule has 2 N–H and O–H groups in total. The number of nitrogens with two attached hydrogens (primary N) is 1. The SMILES string of the molecule is Cc1nn(-c2ccc([N+](=O)[O-])cc2)c(C)c1S(N)(=O)=O. The van der Waals surface area contributed by atoms with Gasteiger partial charge in [0.05, 0.1) is 22.0 Å². The molecule has 9 heteroatoms. The predicted molar refractivity (Wildman–Crippen MR) is 71.1 cm³/mol. The smallest absolute Gasteiger partial charge is 0.258 e. The molecule has 0 amide bonds. The Morgan fingerprint density at radius 1 is 1.25 bits per heavy atom. The van der Waals surface area contributed by atoms with Crippen LogP contribution in [0, 0.1) is 24.0 Å². The van der Waals surface area contributed by atoms with Crippen molar-refractivity contribution in [2.45, 2.75) is 18.7 Å². The van der Waals surface area contributed by atoms with Crippen molar-refractivity contribution in [2.75, 3.05) is 0 Å². The number of nitro groups is 1. The van der Waals surface area contributed by atoms with Crippen molar-refractivity contribution in [3.63, 3.8) is 0 Å². The summed E-state index contributed by atoms with van der Waals surface area (Å²) in [5, 5.41) is 19.8. The Morgan fingerprint density at radius 3 is 2.20 bits per heavy atom. The zero-order chi connectivity index (χ0) is 15.1. The summed E-state index contributed by atoms with van der Waals surface area (Å²) in [6, 6.07) is 5.62. The third kappa shape index (κ3) is 2.40. The largest absolute Gasteiger partial charge is 0.269 e. The Kier molecular flexibility index (Phi) is 3.32. The molecule has 106 valence electrons. The standard InChI is InChI=1S/C11H12N4O4S/c1-7-11(20(12,18)19)8(2)14(13-7)9-3-5-10(6-4-9)15(16)17/h3-6H,1-2H3,(H2,12,18,19). The maximum Gasteiger partial charge on any atom is 0.269 e. The van der Waals surface area contributed by atoms with Gasteiger partial charge in [-0.1, -0.05) is 0 Å². The fourth-order valence-corrected chi connectivity index (χ4v) is 2.96. The van der Waals surface area contributed by atoms with Crippen LogP contribution in [0.3, 0.4) is 0 Å². The van der Waals surface area contributed by atoms with Crippen molar-refractivity contribution in [1.29, 1.82) is 0 Å². The van der Waals surface area contributed by atoms with Gasteiger partial charge >= 0.3 is 0 Å². The van der Waals surface area contributed by atoms with E-state index in [1.54, 1.807) is 6.92 Å². The van der Waals surface area contributed by atoms with Gasteiger partial charge in [0.2, 0.25) is 10.0 Å². The van der Waals surface area contributed by atoms with Gasteiger partial charge in [-0.3, -0.25) is 10.1 Å². The Hall–Kier alpha value is -2.26. The second kappa shape index (κ2) is 4.69. The molecule has 2 aromatic rings. The van der Waals surface area contributed by atoms with Crippen molar-refractivity contribution in [1.82, 2.24) is 9.78 Å². The average Bonchev–Trinajstić information content (AvgIpc) is 2.64. The predicted octanol–water partition coefficient (Wildman–Crippen LogP) is 1.04. The number of hydrogen-bond acceptors (Lipinski definition) is 5. The van der Waals surface area contributed by atoms with E-state index in [0.29, 0.717) is 11.4 Å². The monoisotopic (exact) mass is 296 g/mol. The molecule has 0 saturated carbocycles. The summed E-state index contributed by atoms with van der Waals surface area (Å²) in [6.45, 7) is 3.11. The van der Waals surface area contributed by atoms with E-state index in [-0.39, 0.29) is 16.3 Å². The lowest BCUT2D eigenvalue weighted by Crippen LogP contribution is -2.14. The second-order valence-electron chi connectivity index (χ2n) is 4.23. The van der Waals surface area contributed by atoms with Crippen LogP contribution in [0.25, 0.3) is 5.69 Å². The number of non-ortho nitro benzene ring substituents is 1. The summed E-state index contributed by atoms with van der Waals surface area (Å²) in [7, 11) is -3.86. The summed E-state index contributed by atoms with van der Waals surface area (Å²) < 4.78 is 24.4. The summed E-state index contributed by atoms with van der Waals surface area (Å²) in [5.41, 5.74) is 1.11. The molecule has 0 aliphatic carbocycles. The number of nitro benzene ring substituents is 1. The second-order valence-corrected chi connectivity index (χ2v) is 5.73. The Bertz CT molecular complexity index is 777. The van der Waals surface area contributed by atoms with Crippen LogP contribution in [0.4, 0.5) is 5.69 Å². The Labute approximate surface area is 115 Å². The van der Waals surface area contributed by atoms with Gasteiger partial charge in [-0.05, 0) is 26.0 Å². The van der Waals surface area contributed by atoms with Gasteiger partial charge in [0.1, 0.15) is 4.90 Å². The van der Waals surface area contributed by atoms with E-state index in [1.165, 1.54) is 35.9 Å². The van der Waals surface area contributed by atoms with Crippen LogP contribution in [0.5, 0.6) is 0 Å². The highest BCUT2D eigenvalue weighted by atomic mass is 32.2. The van der Waals surface area contributed by atoms with Gasteiger partial charge in [0, 0.05) is 12.1 Å². The van der Waals surface area contributed by atoms with E-state index in [4.69, 9.17) is 5.14 Å². The highest BCUT2D eigenvalue weighted by Crippen LogP contribution is 2.22. The first-order valence-corrected chi connectivity index (χ1v) is 7.10. The van der Waals surface area contributed by atoms with E-state index >= 15 is 0 Å². The van der Waals surface area contributed by atoms with Gasteiger partial charge in [0.15, 0.2) is 0 Å². The van der Waals surface area contributed by atoms with Crippen LogP contribution in [0.2, 0.25) is 0 Å². The molecule has 0 saturated heterocycles. The molecule has 1 heterocycles. The third-order valence-corrected chi connectivity index (χ3v) is 3.97. The number of sulfonamides is 1. The molecule has 0 fully saturated rings. The first-order chi connectivity index (χ1) is 9.21. The van der Waals surface area contributed by atoms with E-state index in [0.717, 1.165) is 0 Å². The van der Waals surface area contributed by atoms with Gasteiger partial charge in [-0.25, -0.2) is 18.2 Å². The molecule has 0 bridgehead atoms. The van der Waals surface area contributed by atoms with Crippen LogP contribution in [-0.2, 0) is 10.0 Å². The average molecular weight is 296 g/mol. The number of benzene rings is 1. The molecule has 20 heavy (non-hydrogen) atoms. The van der Waals surface area contributed by atoms with E-state index < -0.39 is 14.9 Å². The normalized spacial score (nSPS) is 11.6. The number of nitrogens with zero attached hydrogens (tertiary/aromatic N) is 3. The molecule has 0 radical (unpaired) electrons. The highest BCUT2D eigenvalue weighted by molar-refractivity contribution is 7.89. The van der Waals surface area contributed by atoms with E-state index in [2.05, 4.69) is 5.10 Å². The Morgan fingerprint density at radius 2 is 1.80 bits per heavy atom. The summed E-state index contributed by atoms with van der Waals surface area (Å²) >= 11 is 0. The maximum absolute atomic E-state index is 11.5. The minimum atomic E-state index is -3.86. The molecule has 0 spiro atoms. The molecule has 0 unspecified atom stereocenters. The van der Waals surface area contributed by atoms with E-state index in [9.17, 15) is 18.5 Å².